The second-order valence-electron chi connectivity index (χ2n) is 18.9. The molecule has 7 rings (SSSR count). The maximum absolute atomic E-state index is 15.2. The van der Waals surface area contributed by atoms with Crippen LogP contribution in [0.2, 0.25) is 0 Å². The van der Waals surface area contributed by atoms with Gasteiger partial charge in [-0.25, -0.2) is 27.6 Å². The van der Waals surface area contributed by atoms with Gasteiger partial charge in [0.15, 0.2) is 49.1 Å². The number of amides is 1. The largest absolute Gasteiger partial charge is 0.463 e. The Morgan fingerprint density at radius 1 is 0.488 bits per heavy atom. The second kappa shape index (κ2) is 27.7. The van der Waals surface area contributed by atoms with Crippen LogP contribution >= 0.6 is 0 Å². The third-order valence-corrected chi connectivity index (χ3v) is 12.9. The van der Waals surface area contributed by atoms with Crippen molar-refractivity contribution in [1.82, 2.24) is 5.32 Å². The molecule has 23 nitrogen and oxygen atoms in total. The van der Waals surface area contributed by atoms with Gasteiger partial charge >= 0.3 is 53.8 Å². The van der Waals surface area contributed by atoms with Crippen molar-refractivity contribution in [3.63, 3.8) is 0 Å². The summed E-state index contributed by atoms with van der Waals surface area (Å²) in [7, 11) is 0. The number of alkyl carbamates (subject to hydrolysis) is 1. The van der Waals surface area contributed by atoms with Crippen LogP contribution < -0.4 is 10.1 Å². The van der Waals surface area contributed by atoms with Gasteiger partial charge < -0.3 is 66.9 Å². The van der Waals surface area contributed by atoms with Crippen molar-refractivity contribution in [2.24, 2.45) is 0 Å². The van der Waals surface area contributed by atoms with E-state index in [0.717, 1.165) is 70.7 Å². The number of carbonyl (C=O) groups is 9. The van der Waals surface area contributed by atoms with Crippen LogP contribution in [0.25, 0.3) is 11.1 Å². The fourth-order valence-electron chi connectivity index (χ4n) is 9.42. The molecule has 4 aromatic carbocycles. The lowest BCUT2D eigenvalue weighted by molar-refractivity contribution is -0.363. The van der Waals surface area contributed by atoms with E-state index in [4.69, 9.17) is 61.6 Å². The smallest absolute Gasteiger partial charge is 0.407 e. The number of halogens is 5. The highest BCUT2D eigenvalue weighted by atomic mass is 19.2. The molecule has 84 heavy (non-hydrogen) atoms. The predicted octanol–water partition coefficient (Wildman–Crippen LogP) is 5.51. The molecule has 0 spiro atoms. The van der Waals surface area contributed by atoms with E-state index in [0.29, 0.717) is 0 Å². The Morgan fingerprint density at radius 2 is 0.929 bits per heavy atom. The number of carbonyl (C=O) groups excluding carboxylic acids is 9. The predicted molar refractivity (Wildman–Crippen MR) is 268 cm³/mol. The van der Waals surface area contributed by atoms with Crippen molar-refractivity contribution in [2.45, 2.75) is 128 Å². The van der Waals surface area contributed by atoms with Crippen LogP contribution in [0.15, 0.2) is 78.9 Å². The van der Waals surface area contributed by atoms with Gasteiger partial charge in [0.25, 0.3) is 0 Å². The quantitative estimate of drug-likeness (QED) is 0.0285. The molecule has 1 aliphatic carbocycles. The number of fused-ring (bicyclic) bond motifs is 3. The van der Waals surface area contributed by atoms with E-state index >= 15 is 8.78 Å². The summed E-state index contributed by atoms with van der Waals surface area (Å²) in [4.78, 5) is 118. The van der Waals surface area contributed by atoms with Gasteiger partial charge in [-0.2, -0.15) is 8.78 Å². The molecule has 28 heteroatoms. The van der Waals surface area contributed by atoms with E-state index in [-0.39, 0.29) is 5.56 Å². The van der Waals surface area contributed by atoms with E-state index in [1.54, 1.807) is 36.4 Å². The summed E-state index contributed by atoms with van der Waals surface area (Å²) in [6.07, 6.45) is -23.6. The molecular weight excluding hydrogens is 1130 g/mol. The molecule has 1 N–H and O–H groups in total. The molecule has 3 aliphatic rings. The van der Waals surface area contributed by atoms with Gasteiger partial charge in [-0.05, 0) is 41.3 Å². The molecular formula is C56H54F5NO22. The van der Waals surface area contributed by atoms with Gasteiger partial charge in [0.1, 0.15) is 38.1 Å². The van der Waals surface area contributed by atoms with Gasteiger partial charge in [0.05, 0.1) is 11.7 Å². The number of ether oxygens (including phenoxy) is 13. The van der Waals surface area contributed by atoms with Crippen LogP contribution in [0.5, 0.6) is 5.75 Å². The molecule has 450 valence electrons. The lowest BCUT2D eigenvalue weighted by Crippen LogP contribution is -2.68. The van der Waals surface area contributed by atoms with E-state index in [2.05, 4.69) is 5.32 Å². The minimum atomic E-state index is -2.61. The average molecular weight is 1190 g/mol. The molecule has 2 aliphatic heterocycles. The zero-order valence-corrected chi connectivity index (χ0v) is 45.5. The minimum absolute atomic E-state index is 0.192. The Labute approximate surface area is 474 Å². The highest BCUT2D eigenvalue weighted by Crippen LogP contribution is 2.45. The standard InChI is InChI=1S/C56H54F5NO22/c1-24(44(53(70)82-47-42(60)40(58)39(57)41(59)43(47)61)62-56(71)74-21-36-34-19-13-11-17-32(34)33-18-12-14-20-35(33)36)75-54-51(83-52(69)31-15-9-8-10-16-31)49(46(77-28(5)66)38(80-54)23-73-26(3)64)84-55-50(79-30(7)68)48(78-29(6)67)45(76-27(4)65)37(81-55)22-72-25(2)63/h8-20,24,36-38,44-46,48-51,54-55H,21-23H2,1-7H3,(H,62,71)/t24?,37-,38-,44+,45-,46-,48+,49+,50+,51+,54+,55-/m1/s1. The molecule has 0 aromatic heterocycles. The fourth-order valence-corrected chi connectivity index (χ4v) is 9.42. The first-order valence-corrected chi connectivity index (χ1v) is 25.5. The maximum atomic E-state index is 15.2. The molecule has 2 saturated heterocycles. The third-order valence-electron chi connectivity index (χ3n) is 12.9. The zero-order valence-electron chi connectivity index (χ0n) is 45.5. The molecule has 12 atom stereocenters. The highest BCUT2D eigenvalue weighted by Gasteiger charge is 2.58. The lowest BCUT2D eigenvalue weighted by Gasteiger charge is -2.49. The normalized spacial score (nSPS) is 23.2. The van der Waals surface area contributed by atoms with Gasteiger partial charge in [-0.3, -0.25) is 28.8 Å². The number of hydrogen-bond donors (Lipinski definition) is 1. The topological polar surface area (TPSA) is 286 Å². The first-order valence-electron chi connectivity index (χ1n) is 25.5. The Morgan fingerprint density at radius 3 is 1.44 bits per heavy atom. The monoisotopic (exact) mass is 1190 g/mol. The van der Waals surface area contributed by atoms with E-state index in [9.17, 15) is 56.3 Å². The van der Waals surface area contributed by atoms with Crippen LogP contribution in [-0.4, -0.2) is 147 Å². The Bertz CT molecular complexity index is 3070. The molecule has 1 amide bonds. The first kappa shape index (κ1) is 63.0. The molecule has 4 aromatic rings. The van der Waals surface area contributed by atoms with Gasteiger partial charge in [-0.15, -0.1) is 0 Å². The Balaban J connectivity index is 1.33. The van der Waals surface area contributed by atoms with Gasteiger partial charge in [0.2, 0.25) is 34.8 Å². The van der Waals surface area contributed by atoms with Crippen molar-refractivity contribution >= 4 is 53.8 Å². The fraction of sp³-hybridized carbons (Fsp3) is 0.411. The van der Waals surface area contributed by atoms with E-state index < -0.39 is 188 Å². The minimum Gasteiger partial charge on any atom is -0.463 e. The zero-order chi connectivity index (χ0) is 61.3. The highest BCUT2D eigenvalue weighted by molar-refractivity contribution is 5.89. The van der Waals surface area contributed by atoms with Crippen LogP contribution in [0.4, 0.5) is 26.7 Å². The number of hydrogen-bond acceptors (Lipinski definition) is 22. The van der Waals surface area contributed by atoms with Gasteiger partial charge in [-0.1, -0.05) is 66.7 Å². The SMILES string of the molecule is CC(=O)OC[C@H]1O[C@H](O[C@@H]2[C@H](OC(=O)c3ccccc3)[C@@H](OC(C)[C@H](NC(=O)OCC3c4ccccc4-c4ccccc43)C(=O)Oc3c(F)c(F)c(F)c(F)c3F)O[C@H](COC(C)=O)[C@H]2OC(C)=O)[C@@H](OC(C)=O)[C@@H](OC(C)=O)[C@@H]1OC(C)=O. The Hall–Kier alpha value is -8.60. The maximum Gasteiger partial charge on any atom is 0.407 e. The van der Waals surface area contributed by atoms with E-state index in [1.807, 2.05) is 12.1 Å². The summed E-state index contributed by atoms with van der Waals surface area (Å²) in [6, 6.07) is 18.7. The molecule has 1 unspecified atom stereocenters. The van der Waals surface area contributed by atoms with Crippen molar-refractivity contribution in [3.8, 4) is 16.9 Å². The summed E-state index contributed by atoms with van der Waals surface area (Å²) >= 11 is 0. The number of benzene rings is 4. The number of esters is 8. The summed E-state index contributed by atoms with van der Waals surface area (Å²) in [5.41, 5.74) is 2.88. The van der Waals surface area contributed by atoms with E-state index in [1.165, 1.54) is 30.3 Å². The van der Waals surface area contributed by atoms with Gasteiger partial charge in [0, 0.05) is 47.5 Å². The van der Waals surface area contributed by atoms with Crippen molar-refractivity contribution in [2.75, 3.05) is 19.8 Å². The second-order valence-corrected chi connectivity index (χ2v) is 18.9. The molecule has 0 radical (unpaired) electrons. The van der Waals surface area contributed by atoms with Crippen LogP contribution in [0.3, 0.4) is 0 Å². The Kier molecular flexibility index (Phi) is 20.7. The summed E-state index contributed by atoms with van der Waals surface area (Å²) < 4.78 is 148. The summed E-state index contributed by atoms with van der Waals surface area (Å²) in [6.45, 7) is 4.51. The number of rotatable bonds is 20. The number of nitrogens with one attached hydrogen (secondary N) is 1. The molecule has 0 bridgehead atoms. The summed E-state index contributed by atoms with van der Waals surface area (Å²) in [5.74, 6) is -25.0. The van der Waals surface area contributed by atoms with Crippen molar-refractivity contribution in [3.05, 3.63) is 125 Å². The molecule has 0 saturated carbocycles. The first-order chi connectivity index (χ1) is 39.8. The molecule has 2 fully saturated rings. The van der Waals surface area contributed by atoms with Crippen molar-refractivity contribution < 1.29 is 127 Å². The lowest BCUT2D eigenvalue weighted by atomic mass is 9.95. The third kappa shape index (κ3) is 15.0. The average Bonchev–Trinajstić information content (AvgIpc) is 2.05. The summed E-state index contributed by atoms with van der Waals surface area (Å²) in [5, 5.41) is 2.13. The molecule has 2 heterocycles. The van der Waals surface area contributed by atoms with Crippen LogP contribution in [-0.2, 0) is 90.4 Å². The van der Waals surface area contributed by atoms with Crippen LogP contribution in [0.1, 0.15) is 75.9 Å². The van der Waals surface area contributed by atoms with Crippen LogP contribution in [0, 0.1) is 29.1 Å². The van der Waals surface area contributed by atoms with Crippen molar-refractivity contribution in [1.29, 1.82) is 0 Å².